The molecule has 3 aromatic rings. The molecule has 0 fully saturated rings. The summed E-state index contributed by atoms with van der Waals surface area (Å²) in [4.78, 5) is 12.2. The van der Waals surface area contributed by atoms with Gasteiger partial charge in [-0.05, 0) is 57.0 Å². The van der Waals surface area contributed by atoms with Gasteiger partial charge in [-0.2, -0.15) is 0 Å². The number of carbonyl (C=O) groups is 1. The molecule has 0 saturated carbocycles. The number of amides is 1. The molecule has 152 valence electrons. The molecule has 0 unspecified atom stereocenters. The van der Waals surface area contributed by atoms with E-state index in [4.69, 9.17) is 13.9 Å². The minimum absolute atomic E-state index is 0.0797. The Morgan fingerprint density at radius 3 is 2.55 bits per heavy atom. The van der Waals surface area contributed by atoms with Crippen molar-refractivity contribution in [2.45, 2.75) is 33.7 Å². The van der Waals surface area contributed by atoms with Crippen LogP contribution in [0.25, 0.3) is 27.7 Å². The number of carbonyl (C=O) groups excluding carboxylic acids is 1. The zero-order valence-corrected chi connectivity index (χ0v) is 17.5. The molecule has 5 nitrogen and oxygen atoms in total. The van der Waals surface area contributed by atoms with Crippen molar-refractivity contribution in [3.8, 4) is 22.6 Å². The molecule has 0 bridgehead atoms. The number of allylic oxidation sites excluding steroid dienone is 1. The largest absolute Gasteiger partial charge is 0.496 e. The Bertz CT molecular complexity index is 1030. The highest BCUT2D eigenvalue weighted by Crippen LogP contribution is 2.37. The third kappa shape index (κ3) is 4.62. The van der Waals surface area contributed by atoms with Crippen molar-refractivity contribution < 1.29 is 18.7 Å². The van der Waals surface area contributed by atoms with Gasteiger partial charge in [0.1, 0.15) is 17.1 Å². The summed E-state index contributed by atoms with van der Waals surface area (Å²) in [6.07, 6.45) is 3.34. The minimum Gasteiger partial charge on any atom is -0.496 e. The Morgan fingerprint density at radius 2 is 1.93 bits per heavy atom. The highest BCUT2D eigenvalue weighted by molar-refractivity contribution is 6.00. The first-order chi connectivity index (χ1) is 13.9. The van der Waals surface area contributed by atoms with Crippen molar-refractivity contribution in [2.75, 3.05) is 13.7 Å². The van der Waals surface area contributed by atoms with E-state index in [2.05, 4.69) is 5.32 Å². The van der Waals surface area contributed by atoms with E-state index in [-0.39, 0.29) is 11.9 Å². The average Bonchev–Trinajstić information content (AvgIpc) is 3.10. The number of rotatable bonds is 7. The highest BCUT2D eigenvalue weighted by Gasteiger charge is 2.15. The molecular weight excluding hydrogens is 366 g/mol. The monoisotopic (exact) mass is 393 g/mol. The second kappa shape index (κ2) is 8.86. The lowest BCUT2D eigenvalue weighted by Gasteiger charge is -2.11. The number of hydrogen-bond donors (Lipinski definition) is 1. The first-order valence-electron chi connectivity index (χ1n) is 9.74. The summed E-state index contributed by atoms with van der Waals surface area (Å²) in [6.45, 7) is 8.36. The summed E-state index contributed by atoms with van der Waals surface area (Å²) >= 11 is 0. The van der Waals surface area contributed by atoms with Crippen LogP contribution in [0.4, 0.5) is 0 Å². The quantitative estimate of drug-likeness (QED) is 0.543. The second-order valence-electron chi connectivity index (χ2n) is 7.15. The Hall–Kier alpha value is -3.21. The molecule has 29 heavy (non-hydrogen) atoms. The van der Waals surface area contributed by atoms with Crippen LogP contribution < -0.4 is 14.8 Å². The van der Waals surface area contributed by atoms with Crippen LogP contribution in [0, 0.1) is 0 Å². The number of furan rings is 1. The molecule has 5 heteroatoms. The predicted octanol–water partition coefficient (Wildman–Crippen LogP) is 5.44. The van der Waals surface area contributed by atoms with Gasteiger partial charge in [0.2, 0.25) is 5.91 Å². The van der Waals surface area contributed by atoms with Crippen LogP contribution in [-0.2, 0) is 4.79 Å². The number of methoxy groups -OCH3 is 1. The molecule has 0 saturated heterocycles. The predicted molar refractivity (Wildman–Crippen MR) is 116 cm³/mol. The van der Waals surface area contributed by atoms with Crippen molar-refractivity contribution in [2.24, 2.45) is 0 Å². The smallest absolute Gasteiger partial charge is 0.244 e. The van der Waals surface area contributed by atoms with Crippen molar-refractivity contribution in [1.82, 2.24) is 5.32 Å². The van der Waals surface area contributed by atoms with Gasteiger partial charge in [0.15, 0.2) is 0 Å². The molecular formula is C24H27NO4. The maximum atomic E-state index is 12.2. The molecule has 0 aliphatic heterocycles. The van der Waals surface area contributed by atoms with Crippen LogP contribution in [-0.4, -0.2) is 25.7 Å². The zero-order chi connectivity index (χ0) is 21.0. The second-order valence-corrected chi connectivity index (χ2v) is 7.15. The first kappa shape index (κ1) is 20.5. The van der Waals surface area contributed by atoms with E-state index < -0.39 is 0 Å². The van der Waals surface area contributed by atoms with Gasteiger partial charge in [0.05, 0.1) is 20.0 Å². The van der Waals surface area contributed by atoms with Crippen LogP contribution in [0.3, 0.4) is 0 Å². The van der Waals surface area contributed by atoms with Gasteiger partial charge in [-0.15, -0.1) is 0 Å². The van der Waals surface area contributed by atoms with Crippen molar-refractivity contribution in [1.29, 1.82) is 0 Å². The van der Waals surface area contributed by atoms with Crippen LogP contribution in [0.5, 0.6) is 11.5 Å². The van der Waals surface area contributed by atoms with E-state index in [1.54, 1.807) is 19.4 Å². The van der Waals surface area contributed by atoms with Crippen LogP contribution >= 0.6 is 0 Å². The highest BCUT2D eigenvalue weighted by atomic mass is 16.5. The van der Waals surface area contributed by atoms with Gasteiger partial charge in [0, 0.05) is 34.7 Å². The minimum atomic E-state index is -0.126. The van der Waals surface area contributed by atoms with Crippen LogP contribution in [0.1, 0.15) is 33.3 Å². The number of fused-ring (bicyclic) bond motifs is 1. The third-order valence-electron chi connectivity index (χ3n) is 4.58. The van der Waals surface area contributed by atoms with Crippen LogP contribution in [0.2, 0.25) is 0 Å². The molecule has 0 radical (unpaired) electrons. The SMILES string of the molecule is CCOc1ccc(-c2coc3cc(OC)c(/C(C)=C/C(=O)NC(C)C)cc23)cc1. The Kier molecular flexibility index (Phi) is 6.27. The number of nitrogens with one attached hydrogen (secondary N) is 1. The van der Waals surface area contributed by atoms with E-state index in [0.29, 0.717) is 12.4 Å². The van der Waals surface area contributed by atoms with E-state index in [9.17, 15) is 4.79 Å². The van der Waals surface area contributed by atoms with Gasteiger partial charge in [0.25, 0.3) is 0 Å². The zero-order valence-electron chi connectivity index (χ0n) is 17.5. The van der Waals surface area contributed by atoms with E-state index in [0.717, 1.165) is 39.0 Å². The topological polar surface area (TPSA) is 60.7 Å². The van der Waals surface area contributed by atoms with Crippen LogP contribution in [0.15, 0.2) is 53.2 Å². The molecule has 1 heterocycles. The lowest BCUT2D eigenvalue weighted by Crippen LogP contribution is -2.28. The summed E-state index contributed by atoms with van der Waals surface area (Å²) in [5.74, 6) is 1.37. The first-order valence-corrected chi connectivity index (χ1v) is 9.74. The van der Waals surface area contributed by atoms with Crippen molar-refractivity contribution in [3.05, 3.63) is 54.3 Å². The lowest BCUT2D eigenvalue weighted by molar-refractivity contribution is -0.116. The van der Waals surface area contributed by atoms with Crippen molar-refractivity contribution >= 4 is 22.4 Å². The van der Waals surface area contributed by atoms with Gasteiger partial charge >= 0.3 is 0 Å². The Labute approximate surface area is 171 Å². The molecule has 1 amide bonds. The Balaban J connectivity index is 2.04. The van der Waals surface area contributed by atoms with E-state index >= 15 is 0 Å². The molecule has 2 aromatic carbocycles. The lowest BCUT2D eigenvalue weighted by atomic mass is 9.99. The summed E-state index contributed by atoms with van der Waals surface area (Å²) in [5, 5.41) is 3.84. The Morgan fingerprint density at radius 1 is 1.21 bits per heavy atom. The number of benzene rings is 2. The molecule has 0 atom stereocenters. The van der Waals surface area contributed by atoms with E-state index in [1.165, 1.54) is 0 Å². The molecule has 0 aliphatic carbocycles. The summed E-state index contributed by atoms with van der Waals surface area (Å²) < 4.78 is 16.9. The standard InChI is InChI=1S/C24H27NO4/c1-6-28-18-9-7-17(8-10-18)21-14-29-23-13-22(27-5)19(12-20(21)23)16(4)11-24(26)25-15(2)3/h7-15H,6H2,1-5H3,(H,25,26)/b16-11+. The maximum absolute atomic E-state index is 12.2. The fourth-order valence-electron chi connectivity index (χ4n) is 3.25. The molecule has 0 aliphatic rings. The number of ether oxygens (including phenoxy) is 2. The van der Waals surface area contributed by atoms with E-state index in [1.807, 2.05) is 64.1 Å². The molecule has 1 aromatic heterocycles. The third-order valence-corrected chi connectivity index (χ3v) is 4.58. The van der Waals surface area contributed by atoms with Gasteiger partial charge in [-0.1, -0.05) is 12.1 Å². The summed E-state index contributed by atoms with van der Waals surface area (Å²) in [5.41, 5.74) is 4.41. The fraction of sp³-hybridized carbons (Fsp3) is 0.292. The number of hydrogen-bond acceptors (Lipinski definition) is 4. The van der Waals surface area contributed by atoms with Gasteiger partial charge in [-0.25, -0.2) is 0 Å². The normalized spacial score (nSPS) is 11.7. The summed E-state index contributed by atoms with van der Waals surface area (Å²) in [6, 6.07) is 11.9. The molecule has 3 rings (SSSR count). The fourth-order valence-corrected chi connectivity index (χ4v) is 3.25. The van der Waals surface area contributed by atoms with Crippen molar-refractivity contribution in [3.63, 3.8) is 0 Å². The molecule has 1 N–H and O–H groups in total. The van der Waals surface area contributed by atoms with Gasteiger partial charge < -0.3 is 19.2 Å². The maximum Gasteiger partial charge on any atom is 0.244 e. The van der Waals surface area contributed by atoms with Gasteiger partial charge in [-0.3, -0.25) is 4.79 Å². The molecule has 0 spiro atoms. The summed E-state index contributed by atoms with van der Waals surface area (Å²) in [7, 11) is 1.61. The average molecular weight is 393 g/mol.